The molecule has 0 aliphatic heterocycles. The lowest BCUT2D eigenvalue weighted by Gasteiger charge is -2.04. The molecular weight excluding hydrogens is 238 g/mol. The Kier molecular flexibility index (Phi) is 2.84. The number of halogens is 3. The van der Waals surface area contributed by atoms with Crippen LogP contribution in [0.1, 0.15) is 0 Å². The largest absolute Gasteiger partial charge is 0.224 e. The average Bonchev–Trinajstić information content (AvgIpc) is 2.20. The van der Waals surface area contributed by atoms with E-state index in [0.29, 0.717) is 11.1 Å². The molecule has 0 N–H and O–H groups in total. The Bertz CT molecular complexity index is 465. The SMILES string of the molecule is Fc1ccc(-c2c(Cl)ncnc2Cl)cc1. The summed E-state index contributed by atoms with van der Waals surface area (Å²) in [5.74, 6) is -0.317. The molecule has 2 rings (SSSR count). The molecule has 1 aromatic carbocycles. The molecule has 0 saturated carbocycles. The number of rotatable bonds is 1. The van der Waals surface area contributed by atoms with Crippen LogP contribution < -0.4 is 0 Å². The van der Waals surface area contributed by atoms with Gasteiger partial charge in [-0.1, -0.05) is 35.3 Å². The lowest BCUT2D eigenvalue weighted by Crippen LogP contribution is -1.88. The van der Waals surface area contributed by atoms with Crippen molar-refractivity contribution in [1.29, 1.82) is 0 Å². The third-order valence-electron chi connectivity index (χ3n) is 1.89. The summed E-state index contributed by atoms with van der Waals surface area (Å²) in [6, 6.07) is 5.81. The zero-order valence-electron chi connectivity index (χ0n) is 7.42. The molecule has 0 radical (unpaired) electrons. The molecule has 0 aliphatic rings. The highest BCUT2D eigenvalue weighted by Crippen LogP contribution is 2.31. The molecule has 0 amide bonds. The topological polar surface area (TPSA) is 25.8 Å². The highest BCUT2D eigenvalue weighted by atomic mass is 35.5. The van der Waals surface area contributed by atoms with Crippen molar-refractivity contribution in [3.63, 3.8) is 0 Å². The van der Waals surface area contributed by atoms with Gasteiger partial charge in [0.15, 0.2) is 0 Å². The molecule has 2 nitrogen and oxygen atoms in total. The smallest absolute Gasteiger partial charge is 0.141 e. The quantitative estimate of drug-likeness (QED) is 0.715. The number of hydrogen-bond acceptors (Lipinski definition) is 2. The summed E-state index contributed by atoms with van der Waals surface area (Å²) in [5, 5.41) is 0.503. The van der Waals surface area contributed by atoms with E-state index in [4.69, 9.17) is 23.2 Å². The molecule has 0 saturated heterocycles. The van der Waals surface area contributed by atoms with Crippen molar-refractivity contribution in [1.82, 2.24) is 9.97 Å². The first-order valence-electron chi connectivity index (χ1n) is 4.10. The lowest BCUT2D eigenvalue weighted by molar-refractivity contribution is 0.628. The summed E-state index contributed by atoms with van der Waals surface area (Å²) in [4.78, 5) is 7.63. The van der Waals surface area contributed by atoms with Gasteiger partial charge in [0.25, 0.3) is 0 Å². The minimum Gasteiger partial charge on any atom is -0.224 e. The number of nitrogens with zero attached hydrogens (tertiary/aromatic N) is 2. The summed E-state index contributed by atoms with van der Waals surface area (Å²) in [6.07, 6.45) is 1.28. The molecule has 0 aliphatic carbocycles. The first kappa shape index (κ1) is 10.3. The predicted octanol–water partition coefficient (Wildman–Crippen LogP) is 3.59. The van der Waals surface area contributed by atoms with Gasteiger partial charge in [-0.2, -0.15) is 0 Å². The summed E-state index contributed by atoms with van der Waals surface area (Å²) >= 11 is 11.7. The number of hydrogen-bond donors (Lipinski definition) is 0. The third kappa shape index (κ3) is 2.08. The van der Waals surface area contributed by atoms with Crippen molar-refractivity contribution in [2.75, 3.05) is 0 Å². The van der Waals surface area contributed by atoms with Crippen LogP contribution in [0.15, 0.2) is 30.6 Å². The van der Waals surface area contributed by atoms with Gasteiger partial charge in [-0.05, 0) is 17.7 Å². The molecule has 0 bridgehead atoms. The van der Waals surface area contributed by atoms with Gasteiger partial charge in [0, 0.05) is 0 Å². The Balaban J connectivity index is 2.58. The zero-order chi connectivity index (χ0) is 10.8. The highest BCUT2D eigenvalue weighted by molar-refractivity contribution is 6.37. The fourth-order valence-corrected chi connectivity index (χ4v) is 1.73. The lowest BCUT2D eigenvalue weighted by atomic mass is 10.1. The Labute approximate surface area is 95.7 Å². The summed E-state index contributed by atoms with van der Waals surface area (Å²) in [6.45, 7) is 0. The normalized spacial score (nSPS) is 10.3. The van der Waals surface area contributed by atoms with E-state index in [1.165, 1.54) is 18.5 Å². The fraction of sp³-hybridized carbons (Fsp3) is 0. The second kappa shape index (κ2) is 4.13. The molecule has 15 heavy (non-hydrogen) atoms. The fourth-order valence-electron chi connectivity index (χ4n) is 1.20. The molecule has 5 heteroatoms. The van der Waals surface area contributed by atoms with Crippen LogP contribution in [0.2, 0.25) is 10.3 Å². The number of benzene rings is 1. The van der Waals surface area contributed by atoms with E-state index in [1.54, 1.807) is 12.1 Å². The maximum Gasteiger partial charge on any atom is 0.141 e. The van der Waals surface area contributed by atoms with E-state index in [9.17, 15) is 4.39 Å². The van der Waals surface area contributed by atoms with Crippen LogP contribution in [-0.4, -0.2) is 9.97 Å². The highest BCUT2D eigenvalue weighted by Gasteiger charge is 2.10. The monoisotopic (exact) mass is 242 g/mol. The van der Waals surface area contributed by atoms with Crippen LogP contribution in [0, 0.1) is 5.82 Å². The maximum absolute atomic E-state index is 12.7. The second-order valence-corrected chi connectivity index (χ2v) is 3.55. The Hall–Kier alpha value is -1.19. The van der Waals surface area contributed by atoms with E-state index in [2.05, 4.69) is 9.97 Å². The molecule has 1 heterocycles. The van der Waals surface area contributed by atoms with Gasteiger partial charge in [-0.25, -0.2) is 14.4 Å². The van der Waals surface area contributed by atoms with Gasteiger partial charge in [0.2, 0.25) is 0 Å². The summed E-state index contributed by atoms with van der Waals surface area (Å²) in [5.41, 5.74) is 1.20. The van der Waals surface area contributed by atoms with Crippen LogP contribution in [0.25, 0.3) is 11.1 Å². The molecule has 0 unspecified atom stereocenters. The van der Waals surface area contributed by atoms with Crippen molar-refractivity contribution >= 4 is 23.2 Å². The first-order chi connectivity index (χ1) is 7.18. The van der Waals surface area contributed by atoms with Gasteiger partial charge in [-0.15, -0.1) is 0 Å². The van der Waals surface area contributed by atoms with Crippen molar-refractivity contribution in [2.24, 2.45) is 0 Å². The minimum absolute atomic E-state index is 0.251. The van der Waals surface area contributed by atoms with Gasteiger partial charge < -0.3 is 0 Å². The first-order valence-corrected chi connectivity index (χ1v) is 4.86. The van der Waals surface area contributed by atoms with Crippen LogP contribution in [0.5, 0.6) is 0 Å². The number of aromatic nitrogens is 2. The van der Waals surface area contributed by atoms with E-state index in [0.717, 1.165) is 0 Å². The molecule has 0 atom stereocenters. The van der Waals surface area contributed by atoms with E-state index in [1.807, 2.05) is 0 Å². The second-order valence-electron chi connectivity index (χ2n) is 2.84. The van der Waals surface area contributed by atoms with E-state index >= 15 is 0 Å². The minimum atomic E-state index is -0.317. The van der Waals surface area contributed by atoms with Crippen LogP contribution >= 0.6 is 23.2 Å². The zero-order valence-corrected chi connectivity index (χ0v) is 8.93. The standard InChI is InChI=1S/C10H5Cl2FN2/c11-9-8(10(12)15-5-14-9)6-1-3-7(13)4-2-6/h1-5H. The third-order valence-corrected chi connectivity index (χ3v) is 2.46. The molecule has 2 aromatic rings. The van der Waals surface area contributed by atoms with Gasteiger partial charge >= 0.3 is 0 Å². The molecule has 1 aromatic heterocycles. The van der Waals surface area contributed by atoms with E-state index < -0.39 is 0 Å². The summed E-state index contributed by atoms with van der Waals surface area (Å²) < 4.78 is 12.7. The average molecular weight is 243 g/mol. The molecule has 0 spiro atoms. The maximum atomic E-state index is 12.7. The molecular formula is C10H5Cl2FN2. The van der Waals surface area contributed by atoms with Crippen LogP contribution in [0.3, 0.4) is 0 Å². The Morgan fingerprint density at radius 2 is 1.47 bits per heavy atom. The van der Waals surface area contributed by atoms with Crippen molar-refractivity contribution in [3.8, 4) is 11.1 Å². The Morgan fingerprint density at radius 1 is 0.933 bits per heavy atom. The van der Waals surface area contributed by atoms with Crippen molar-refractivity contribution < 1.29 is 4.39 Å². The van der Waals surface area contributed by atoms with Crippen LogP contribution in [0.4, 0.5) is 4.39 Å². The van der Waals surface area contributed by atoms with Gasteiger partial charge in [-0.3, -0.25) is 0 Å². The molecule has 76 valence electrons. The van der Waals surface area contributed by atoms with Gasteiger partial charge in [0.1, 0.15) is 22.5 Å². The Morgan fingerprint density at radius 3 is 2.00 bits per heavy atom. The summed E-state index contributed by atoms with van der Waals surface area (Å²) in [7, 11) is 0. The molecule has 0 fully saturated rings. The van der Waals surface area contributed by atoms with Crippen LogP contribution in [-0.2, 0) is 0 Å². The van der Waals surface area contributed by atoms with E-state index in [-0.39, 0.29) is 16.1 Å². The van der Waals surface area contributed by atoms with Crippen molar-refractivity contribution in [3.05, 3.63) is 46.7 Å². The van der Waals surface area contributed by atoms with Gasteiger partial charge in [0.05, 0.1) is 5.56 Å². The predicted molar refractivity (Wildman–Crippen MR) is 57.4 cm³/mol. The van der Waals surface area contributed by atoms with Crippen molar-refractivity contribution in [2.45, 2.75) is 0 Å².